The molecule has 2 saturated heterocycles. The van der Waals surface area contributed by atoms with Crippen molar-refractivity contribution in [2.75, 3.05) is 38.5 Å². The van der Waals surface area contributed by atoms with Crippen molar-refractivity contribution < 1.29 is 18.0 Å². The molecule has 0 aromatic heterocycles. The fraction of sp³-hybridized carbons (Fsp3) is 0.882. The molecule has 0 aromatic rings. The number of piperidine rings is 1. The first-order valence-electron chi connectivity index (χ1n) is 9.47. The van der Waals surface area contributed by atoms with Gasteiger partial charge < -0.3 is 10.2 Å². The van der Waals surface area contributed by atoms with E-state index in [1.165, 1.54) is 4.31 Å². The van der Waals surface area contributed by atoms with Crippen molar-refractivity contribution in [2.24, 2.45) is 5.92 Å². The number of hydrogen-bond acceptors (Lipinski definition) is 4. The van der Waals surface area contributed by atoms with Gasteiger partial charge in [0.2, 0.25) is 21.8 Å². The Morgan fingerprint density at radius 2 is 1.72 bits per heavy atom. The van der Waals surface area contributed by atoms with Gasteiger partial charge in [0, 0.05) is 45.1 Å². The van der Waals surface area contributed by atoms with Crippen LogP contribution in [0.5, 0.6) is 0 Å². The van der Waals surface area contributed by atoms with E-state index in [9.17, 15) is 18.0 Å². The maximum Gasteiger partial charge on any atom is 0.224 e. The molecule has 2 fully saturated rings. The Bertz CT molecular complexity index is 550. The van der Waals surface area contributed by atoms with Gasteiger partial charge in [0.25, 0.3) is 0 Å². The zero-order valence-electron chi connectivity index (χ0n) is 15.2. The second-order valence-electron chi connectivity index (χ2n) is 6.97. The molecular formula is C17H31N3O4S. The average molecular weight is 374 g/mol. The Hall–Kier alpha value is -1.15. The Morgan fingerprint density at radius 1 is 1.08 bits per heavy atom. The van der Waals surface area contributed by atoms with E-state index < -0.39 is 10.0 Å². The van der Waals surface area contributed by atoms with E-state index in [-0.39, 0.29) is 23.5 Å². The van der Waals surface area contributed by atoms with E-state index >= 15 is 0 Å². The summed E-state index contributed by atoms with van der Waals surface area (Å²) in [7, 11) is -3.18. The zero-order valence-corrected chi connectivity index (χ0v) is 16.0. The van der Waals surface area contributed by atoms with Crippen LogP contribution in [0.25, 0.3) is 0 Å². The molecule has 0 radical (unpaired) electrons. The fourth-order valence-corrected chi connectivity index (χ4v) is 5.09. The van der Waals surface area contributed by atoms with E-state index in [0.29, 0.717) is 45.3 Å². The van der Waals surface area contributed by atoms with Gasteiger partial charge in [-0.15, -0.1) is 0 Å². The fourth-order valence-electron chi connectivity index (χ4n) is 3.41. The maximum atomic E-state index is 12.2. The van der Waals surface area contributed by atoms with Gasteiger partial charge in [0.05, 0.1) is 5.75 Å². The lowest BCUT2D eigenvalue weighted by molar-refractivity contribution is -0.130. The first-order chi connectivity index (χ1) is 11.9. The van der Waals surface area contributed by atoms with E-state index in [2.05, 4.69) is 5.32 Å². The number of carbonyl (C=O) groups excluding carboxylic acids is 2. The quantitative estimate of drug-likeness (QED) is 0.686. The summed E-state index contributed by atoms with van der Waals surface area (Å²) >= 11 is 0. The van der Waals surface area contributed by atoms with E-state index in [0.717, 1.165) is 32.4 Å². The maximum absolute atomic E-state index is 12.2. The molecular weight excluding hydrogens is 342 g/mol. The molecule has 2 rings (SSSR count). The second-order valence-corrected chi connectivity index (χ2v) is 9.06. The summed E-state index contributed by atoms with van der Waals surface area (Å²) in [5.41, 5.74) is 0. The largest absolute Gasteiger partial charge is 0.355 e. The number of unbranched alkanes of at least 4 members (excludes halogenated alkanes) is 1. The molecule has 2 heterocycles. The predicted octanol–water partition coefficient (Wildman–Crippen LogP) is 0.957. The summed E-state index contributed by atoms with van der Waals surface area (Å²) in [5, 5.41) is 2.84. The minimum Gasteiger partial charge on any atom is -0.355 e. The van der Waals surface area contributed by atoms with Crippen molar-refractivity contribution in [3.8, 4) is 0 Å². The summed E-state index contributed by atoms with van der Waals surface area (Å²) in [5.74, 6) is 0.0906. The van der Waals surface area contributed by atoms with Gasteiger partial charge in [0.1, 0.15) is 0 Å². The number of rotatable bonds is 8. The molecule has 0 spiro atoms. The smallest absolute Gasteiger partial charge is 0.224 e. The van der Waals surface area contributed by atoms with Gasteiger partial charge >= 0.3 is 0 Å². The van der Waals surface area contributed by atoms with E-state index in [1.54, 1.807) is 0 Å². The van der Waals surface area contributed by atoms with Crippen LogP contribution >= 0.6 is 0 Å². The molecule has 25 heavy (non-hydrogen) atoms. The summed E-state index contributed by atoms with van der Waals surface area (Å²) in [6.45, 7) is 4.83. The van der Waals surface area contributed by atoms with Gasteiger partial charge in [-0.2, -0.15) is 0 Å². The lowest BCUT2D eigenvalue weighted by Crippen LogP contribution is -2.44. The highest BCUT2D eigenvalue weighted by atomic mass is 32.2. The standard InChI is InChI=1S/C17H31N3O4S/c1-2-3-14-25(23,24)20-12-7-15(8-13-20)17(22)18-9-6-16(21)19-10-4-5-11-19/h15H,2-14H2,1H3,(H,18,22). The van der Waals surface area contributed by atoms with E-state index in [1.807, 2.05) is 11.8 Å². The summed E-state index contributed by atoms with van der Waals surface area (Å²) in [6.07, 6.45) is 5.11. The van der Waals surface area contributed by atoms with Crippen LogP contribution in [0.1, 0.15) is 51.9 Å². The van der Waals surface area contributed by atoms with Gasteiger partial charge in [0.15, 0.2) is 0 Å². The predicted molar refractivity (Wildman–Crippen MR) is 96.4 cm³/mol. The Kier molecular flexibility index (Phi) is 7.68. The Labute approximate surface area is 151 Å². The minimum atomic E-state index is -3.18. The molecule has 2 amide bonds. The van der Waals surface area contributed by atoms with Crippen molar-refractivity contribution in [3.05, 3.63) is 0 Å². The van der Waals surface area contributed by atoms with Gasteiger partial charge in [-0.25, -0.2) is 12.7 Å². The number of nitrogens with zero attached hydrogens (tertiary/aromatic N) is 2. The zero-order chi connectivity index (χ0) is 18.3. The minimum absolute atomic E-state index is 0.0557. The molecule has 2 aliphatic heterocycles. The molecule has 0 unspecified atom stereocenters. The first kappa shape index (κ1) is 20.2. The molecule has 0 saturated carbocycles. The summed E-state index contributed by atoms with van der Waals surface area (Å²) in [4.78, 5) is 26.0. The molecule has 1 N–H and O–H groups in total. The topological polar surface area (TPSA) is 86.8 Å². The highest BCUT2D eigenvalue weighted by molar-refractivity contribution is 7.89. The van der Waals surface area contributed by atoms with Crippen LogP contribution < -0.4 is 5.32 Å². The van der Waals surface area contributed by atoms with Gasteiger partial charge in [-0.3, -0.25) is 9.59 Å². The van der Waals surface area contributed by atoms with Crippen molar-refractivity contribution in [1.29, 1.82) is 0 Å². The second kappa shape index (κ2) is 9.52. The Balaban J connectivity index is 1.67. The Morgan fingerprint density at radius 3 is 2.32 bits per heavy atom. The first-order valence-corrected chi connectivity index (χ1v) is 11.1. The third kappa shape index (κ3) is 5.95. The van der Waals surface area contributed by atoms with Gasteiger partial charge in [-0.05, 0) is 32.1 Å². The molecule has 0 aromatic carbocycles. The van der Waals surface area contributed by atoms with Crippen LogP contribution in [0.4, 0.5) is 0 Å². The summed E-state index contributed by atoms with van der Waals surface area (Å²) in [6, 6.07) is 0. The van der Waals surface area contributed by atoms with Crippen LogP contribution in [-0.2, 0) is 19.6 Å². The third-order valence-corrected chi connectivity index (χ3v) is 7.03. The monoisotopic (exact) mass is 373 g/mol. The number of likely N-dealkylation sites (tertiary alicyclic amines) is 1. The van der Waals surface area contributed by atoms with Crippen LogP contribution in [0.15, 0.2) is 0 Å². The molecule has 0 aliphatic carbocycles. The van der Waals surface area contributed by atoms with Crippen molar-refractivity contribution in [2.45, 2.75) is 51.9 Å². The summed E-state index contributed by atoms with van der Waals surface area (Å²) < 4.78 is 25.9. The molecule has 0 atom stereocenters. The average Bonchev–Trinajstić information content (AvgIpc) is 3.14. The van der Waals surface area contributed by atoms with Crippen LogP contribution in [-0.4, -0.2) is 67.9 Å². The van der Waals surface area contributed by atoms with E-state index in [4.69, 9.17) is 0 Å². The van der Waals surface area contributed by atoms with Crippen LogP contribution in [0, 0.1) is 5.92 Å². The van der Waals surface area contributed by atoms with Crippen molar-refractivity contribution in [1.82, 2.24) is 14.5 Å². The lowest BCUT2D eigenvalue weighted by atomic mass is 9.97. The highest BCUT2D eigenvalue weighted by Crippen LogP contribution is 2.20. The molecule has 0 bridgehead atoms. The normalized spacial score (nSPS) is 20.0. The SMILES string of the molecule is CCCCS(=O)(=O)N1CCC(C(=O)NCCC(=O)N2CCCC2)CC1. The highest BCUT2D eigenvalue weighted by Gasteiger charge is 2.30. The third-order valence-electron chi connectivity index (χ3n) is 5.07. The number of sulfonamides is 1. The number of amides is 2. The molecule has 7 nitrogen and oxygen atoms in total. The lowest BCUT2D eigenvalue weighted by Gasteiger charge is -2.30. The van der Waals surface area contributed by atoms with Crippen molar-refractivity contribution in [3.63, 3.8) is 0 Å². The molecule has 2 aliphatic rings. The van der Waals surface area contributed by atoms with Crippen LogP contribution in [0.3, 0.4) is 0 Å². The molecule has 8 heteroatoms. The molecule has 144 valence electrons. The number of carbonyl (C=O) groups is 2. The number of nitrogens with one attached hydrogen (secondary N) is 1. The van der Waals surface area contributed by atoms with Crippen LogP contribution in [0.2, 0.25) is 0 Å². The number of hydrogen-bond donors (Lipinski definition) is 1. The van der Waals surface area contributed by atoms with Gasteiger partial charge in [-0.1, -0.05) is 13.3 Å². The van der Waals surface area contributed by atoms with Crippen molar-refractivity contribution >= 4 is 21.8 Å².